The van der Waals surface area contributed by atoms with Gasteiger partial charge in [0.1, 0.15) is 6.10 Å². The maximum absolute atomic E-state index is 11.6. The zero-order chi connectivity index (χ0) is 15.2. The average Bonchev–Trinajstić information content (AvgIpc) is 2.44. The highest BCUT2D eigenvalue weighted by Gasteiger charge is 2.15. The first kappa shape index (κ1) is 19.4. The van der Waals surface area contributed by atoms with E-state index in [9.17, 15) is 14.7 Å². The molecular formula is C15H28O4S. The zero-order valence-electron chi connectivity index (χ0n) is 12.7. The van der Waals surface area contributed by atoms with Gasteiger partial charge in [0.2, 0.25) is 0 Å². The molecule has 0 rings (SSSR count). The van der Waals surface area contributed by atoms with Crippen molar-refractivity contribution in [2.45, 2.75) is 71.3 Å². The molecule has 5 heteroatoms. The molecule has 0 fully saturated rings. The summed E-state index contributed by atoms with van der Waals surface area (Å²) in [6.45, 7) is 3.94. The van der Waals surface area contributed by atoms with Crippen LogP contribution in [0.25, 0.3) is 0 Å². The molecule has 0 saturated heterocycles. The van der Waals surface area contributed by atoms with Crippen LogP contribution in [0.2, 0.25) is 0 Å². The molecule has 0 unspecified atom stereocenters. The minimum atomic E-state index is -0.566. The SMILES string of the molecule is CCCCCC(=O)O[C@@H](CO)CSC(=O)CCCCC. The summed E-state index contributed by atoms with van der Waals surface area (Å²) < 4.78 is 5.16. The summed E-state index contributed by atoms with van der Waals surface area (Å²) >= 11 is 1.15. The van der Waals surface area contributed by atoms with Crippen LogP contribution in [0.5, 0.6) is 0 Å². The van der Waals surface area contributed by atoms with Gasteiger partial charge in [0.25, 0.3) is 0 Å². The van der Waals surface area contributed by atoms with Gasteiger partial charge in [-0.3, -0.25) is 9.59 Å². The third-order valence-corrected chi connectivity index (χ3v) is 3.97. The fraction of sp³-hybridized carbons (Fsp3) is 0.867. The van der Waals surface area contributed by atoms with Crippen LogP contribution in [-0.2, 0) is 14.3 Å². The molecule has 0 aromatic carbocycles. The Morgan fingerprint density at radius 2 is 1.65 bits per heavy atom. The minimum absolute atomic E-state index is 0.110. The van der Waals surface area contributed by atoms with Crippen molar-refractivity contribution < 1.29 is 19.4 Å². The van der Waals surface area contributed by atoms with Gasteiger partial charge in [-0.05, 0) is 12.8 Å². The summed E-state index contributed by atoms with van der Waals surface area (Å²) in [5.74, 6) is 0.0672. The molecule has 0 aromatic heterocycles. The second-order valence-electron chi connectivity index (χ2n) is 4.89. The molecule has 0 spiro atoms. The molecule has 1 N–H and O–H groups in total. The summed E-state index contributed by atoms with van der Waals surface area (Å²) in [6.07, 6.45) is 6.31. The predicted molar refractivity (Wildman–Crippen MR) is 82.7 cm³/mol. The third kappa shape index (κ3) is 11.3. The van der Waals surface area contributed by atoms with E-state index in [1.165, 1.54) is 0 Å². The molecule has 0 aliphatic rings. The van der Waals surface area contributed by atoms with E-state index >= 15 is 0 Å². The molecule has 0 aliphatic heterocycles. The van der Waals surface area contributed by atoms with Gasteiger partial charge >= 0.3 is 5.97 Å². The number of carbonyl (C=O) groups is 2. The molecule has 0 aliphatic carbocycles. The summed E-state index contributed by atoms with van der Waals surface area (Å²) in [5.41, 5.74) is 0. The number of unbranched alkanes of at least 4 members (excludes halogenated alkanes) is 4. The number of esters is 1. The Morgan fingerprint density at radius 1 is 1.05 bits per heavy atom. The number of hydrogen-bond acceptors (Lipinski definition) is 5. The second-order valence-corrected chi connectivity index (χ2v) is 5.97. The van der Waals surface area contributed by atoms with Crippen LogP contribution >= 0.6 is 11.8 Å². The second kappa shape index (κ2) is 13.4. The molecule has 0 aromatic rings. The highest BCUT2D eigenvalue weighted by Crippen LogP contribution is 2.13. The number of carbonyl (C=O) groups excluding carboxylic acids is 2. The van der Waals surface area contributed by atoms with Crippen molar-refractivity contribution >= 4 is 22.8 Å². The summed E-state index contributed by atoms with van der Waals surface area (Å²) in [6, 6.07) is 0. The Bertz CT molecular complexity index is 269. The first-order chi connectivity index (χ1) is 9.63. The van der Waals surface area contributed by atoms with Gasteiger partial charge in [-0.2, -0.15) is 0 Å². The van der Waals surface area contributed by atoms with Gasteiger partial charge in [-0.25, -0.2) is 0 Å². The van der Waals surface area contributed by atoms with Crippen molar-refractivity contribution in [3.63, 3.8) is 0 Å². The van der Waals surface area contributed by atoms with Crippen LogP contribution in [0.4, 0.5) is 0 Å². The van der Waals surface area contributed by atoms with Gasteiger partial charge in [-0.1, -0.05) is 51.3 Å². The molecule has 0 heterocycles. The van der Waals surface area contributed by atoms with E-state index in [2.05, 4.69) is 13.8 Å². The number of ether oxygens (including phenoxy) is 1. The summed E-state index contributed by atoms with van der Waals surface area (Å²) in [5, 5.41) is 9.28. The maximum Gasteiger partial charge on any atom is 0.306 e. The van der Waals surface area contributed by atoms with Gasteiger partial charge < -0.3 is 9.84 Å². The van der Waals surface area contributed by atoms with Crippen LogP contribution in [0.3, 0.4) is 0 Å². The predicted octanol–water partition coefficient (Wildman–Crippen LogP) is 3.31. The molecule has 0 bridgehead atoms. The highest BCUT2D eigenvalue weighted by molar-refractivity contribution is 8.13. The summed E-state index contributed by atoms with van der Waals surface area (Å²) in [7, 11) is 0. The molecule has 118 valence electrons. The first-order valence-corrected chi connectivity index (χ1v) is 8.58. The van der Waals surface area contributed by atoms with Crippen molar-refractivity contribution in [3.8, 4) is 0 Å². The van der Waals surface area contributed by atoms with Gasteiger partial charge in [0.15, 0.2) is 5.12 Å². The summed E-state index contributed by atoms with van der Waals surface area (Å²) in [4.78, 5) is 23.1. The van der Waals surface area contributed by atoms with Crippen molar-refractivity contribution in [2.75, 3.05) is 12.4 Å². The van der Waals surface area contributed by atoms with Crippen molar-refractivity contribution in [1.82, 2.24) is 0 Å². The lowest BCUT2D eigenvalue weighted by Crippen LogP contribution is -2.25. The van der Waals surface area contributed by atoms with Crippen LogP contribution in [-0.4, -0.2) is 34.7 Å². The van der Waals surface area contributed by atoms with Crippen LogP contribution in [0, 0.1) is 0 Å². The van der Waals surface area contributed by atoms with E-state index in [0.717, 1.165) is 50.3 Å². The van der Waals surface area contributed by atoms with Crippen molar-refractivity contribution in [3.05, 3.63) is 0 Å². The quantitative estimate of drug-likeness (QED) is 0.443. The number of aliphatic hydroxyl groups is 1. The fourth-order valence-corrected chi connectivity index (χ4v) is 2.50. The van der Waals surface area contributed by atoms with E-state index < -0.39 is 6.10 Å². The van der Waals surface area contributed by atoms with E-state index in [4.69, 9.17) is 4.74 Å². The highest BCUT2D eigenvalue weighted by atomic mass is 32.2. The lowest BCUT2D eigenvalue weighted by molar-refractivity contribution is -0.149. The van der Waals surface area contributed by atoms with Gasteiger partial charge in [0.05, 0.1) is 6.61 Å². The van der Waals surface area contributed by atoms with E-state index in [-0.39, 0.29) is 17.7 Å². The minimum Gasteiger partial charge on any atom is -0.459 e. The molecular weight excluding hydrogens is 276 g/mol. The van der Waals surface area contributed by atoms with Gasteiger partial charge in [-0.15, -0.1) is 0 Å². The van der Waals surface area contributed by atoms with E-state index in [1.807, 2.05) is 0 Å². The van der Waals surface area contributed by atoms with Crippen LogP contribution < -0.4 is 0 Å². The third-order valence-electron chi connectivity index (χ3n) is 2.90. The lowest BCUT2D eigenvalue weighted by atomic mass is 10.2. The lowest BCUT2D eigenvalue weighted by Gasteiger charge is -2.14. The van der Waals surface area contributed by atoms with Crippen LogP contribution in [0.15, 0.2) is 0 Å². The van der Waals surface area contributed by atoms with E-state index in [1.54, 1.807) is 0 Å². The molecule has 0 radical (unpaired) electrons. The average molecular weight is 304 g/mol. The largest absolute Gasteiger partial charge is 0.459 e. The molecule has 0 saturated carbocycles. The Balaban J connectivity index is 3.79. The normalized spacial score (nSPS) is 12.2. The topological polar surface area (TPSA) is 63.6 Å². The monoisotopic (exact) mass is 304 g/mol. The van der Waals surface area contributed by atoms with E-state index in [0.29, 0.717) is 18.6 Å². The number of rotatable bonds is 12. The van der Waals surface area contributed by atoms with Crippen molar-refractivity contribution in [2.24, 2.45) is 0 Å². The Kier molecular flexibility index (Phi) is 13.1. The first-order valence-electron chi connectivity index (χ1n) is 7.59. The number of thioether (sulfide) groups is 1. The fourth-order valence-electron chi connectivity index (χ4n) is 1.67. The number of hydrogen-bond donors (Lipinski definition) is 1. The smallest absolute Gasteiger partial charge is 0.306 e. The Labute approximate surface area is 126 Å². The zero-order valence-corrected chi connectivity index (χ0v) is 13.5. The molecule has 4 nitrogen and oxygen atoms in total. The Morgan fingerprint density at radius 3 is 2.20 bits per heavy atom. The maximum atomic E-state index is 11.6. The van der Waals surface area contributed by atoms with Gasteiger partial charge in [0, 0.05) is 18.6 Å². The Hall–Kier alpha value is -0.550. The molecule has 0 amide bonds. The molecule has 1 atom stereocenters. The number of aliphatic hydroxyl groups excluding tert-OH is 1. The van der Waals surface area contributed by atoms with Crippen molar-refractivity contribution in [1.29, 1.82) is 0 Å². The standard InChI is InChI=1S/C15H28O4S/c1-3-5-7-9-14(17)19-13(11-16)12-20-15(18)10-8-6-4-2/h13,16H,3-12H2,1-2H3/t13-/m0/s1. The van der Waals surface area contributed by atoms with Crippen LogP contribution in [0.1, 0.15) is 65.2 Å². The molecule has 20 heavy (non-hydrogen) atoms.